The van der Waals surface area contributed by atoms with Crippen LogP contribution in [0.3, 0.4) is 0 Å². The van der Waals surface area contributed by atoms with Gasteiger partial charge in [0.2, 0.25) is 0 Å². The minimum atomic E-state index is 0.368. The van der Waals surface area contributed by atoms with E-state index in [1.165, 1.54) is 45.6 Å². The van der Waals surface area contributed by atoms with Crippen molar-refractivity contribution in [2.75, 3.05) is 60.9 Å². The van der Waals surface area contributed by atoms with Gasteiger partial charge in [-0.05, 0) is 54.9 Å². The standard InChI is InChI=1S/C8H16N2.C8H18N2.4C2H6/c1-9-5-7-3-4-8(6-9)10(7)2;1-8(2)7-9(3)5-6-10(8)4;4*1-2/h7-8H,3-6H2,1-2H3;5-7H2,1-4H3;4*1-2H3. The van der Waals surface area contributed by atoms with Gasteiger partial charge >= 0.3 is 0 Å². The zero-order chi connectivity index (χ0) is 22.9. The van der Waals surface area contributed by atoms with E-state index < -0.39 is 0 Å². The molecule has 4 heteroatoms. The number of rotatable bonds is 0. The summed E-state index contributed by atoms with van der Waals surface area (Å²) in [7, 11) is 8.90. The highest BCUT2D eigenvalue weighted by Crippen LogP contribution is 2.27. The Morgan fingerprint density at radius 1 is 0.607 bits per heavy atom. The molecule has 0 spiro atoms. The normalized spacial score (nSPS) is 26.4. The van der Waals surface area contributed by atoms with Crippen LogP contribution in [0.5, 0.6) is 0 Å². The van der Waals surface area contributed by atoms with Gasteiger partial charge in [0.15, 0.2) is 0 Å². The molecule has 0 aromatic carbocycles. The van der Waals surface area contributed by atoms with Gasteiger partial charge in [-0.3, -0.25) is 9.80 Å². The SMILES string of the molecule is CC.CC.CC.CC.CN1CC2CCC(C1)N2C.CN1CCN(C)C(C)(C)C1. The Balaban J connectivity index is -0.000000330. The summed E-state index contributed by atoms with van der Waals surface area (Å²) < 4.78 is 0. The van der Waals surface area contributed by atoms with Crippen LogP contribution in [-0.2, 0) is 0 Å². The maximum absolute atomic E-state index is 2.56. The van der Waals surface area contributed by atoms with Gasteiger partial charge in [-0.1, -0.05) is 55.4 Å². The Morgan fingerprint density at radius 2 is 1.00 bits per heavy atom. The fraction of sp³-hybridized carbons (Fsp3) is 1.00. The molecule has 4 nitrogen and oxygen atoms in total. The molecule has 3 aliphatic rings. The van der Waals surface area contributed by atoms with E-state index in [0.717, 1.165) is 12.1 Å². The van der Waals surface area contributed by atoms with Crippen LogP contribution < -0.4 is 0 Å². The minimum absolute atomic E-state index is 0.368. The average Bonchev–Trinajstić information content (AvgIpc) is 2.92. The average molecular weight is 403 g/mol. The number of likely N-dealkylation sites (tertiary alicyclic amines) is 1. The van der Waals surface area contributed by atoms with Crippen LogP contribution in [0.15, 0.2) is 0 Å². The number of hydrogen-bond donors (Lipinski definition) is 0. The Hall–Kier alpha value is -0.160. The summed E-state index contributed by atoms with van der Waals surface area (Å²) in [4.78, 5) is 9.83. The van der Waals surface area contributed by atoms with Crippen LogP contribution in [0.4, 0.5) is 0 Å². The van der Waals surface area contributed by atoms with Gasteiger partial charge in [-0.15, -0.1) is 0 Å². The van der Waals surface area contributed by atoms with Crippen molar-refractivity contribution in [2.45, 2.75) is 99.7 Å². The fourth-order valence-electron chi connectivity index (χ4n) is 3.81. The Bertz CT molecular complexity index is 306. The predicted molar refractivity (Wildman–Crippen MR) is 132 cm³/mol. The van der Waals surface area contributed by atoms with Gasteiger partial charge in [0.05, 0.1) is 0 Å². The smallest absolute Gasteiger partial charge is 0.0277 e. The van der Waals surface area contributed by atoms with E-state index in [1.807, 2.05) is 55.4 Å². The van der Waals surface area contributed by atoms with Crippen molar-refractivity contribution >= 4 is 0 Å². The van der Waals surface area contributed by atoms with E-state index in [4.69, 9.17) is 0 Å². The fourth-order valence-corrected chi connectivity index (χ4v) is 3.81. The quantitative estimate of drug-likeness (QED) is 0.556. The summed E-state index contributed by atoms with van der Waals surface area (Å²) in [5.41, 5.74) is 0.368. The first-order valence-corrected chi connectivity index (χ1v) is 12.1. The van der Waals surface area contributed by atoms with Gasteiger partial charge in [0.25, 0.3) is 0 Å². The number of nitrogens with zero attached hydrogens (tertiary/aromatic N) is 4. The van der Waals surface area contributed by atoms with Gasteiger partial charge in [0.1, 0.15) is 0 Å². The van der Waals surface area contributed by atoms with Gasteiger partial charge < -0.3 is 9.80 Å². The molecule has 2 bridgehead atoms. The number of fused-ring (bicyclic) bond motifs is 2. The first-order valence-electron chi connectivity index (χ1n) is 12.1. The lowest BCUT2D eigenvalue weighted by atomic mass is 10.0. The molecule has 0 saturated carbocycles. The lowest BCUT2D eigenvalue weighted by molar-refractivity contribution is 0.0541. The van der Waals surface area contributed by atoms with Crippen LogP contribution >= 0.6 is 0 Å². The molecule has 0 aromatic heterocycles. The van der Waals surface area contributed by atoms with E-state index >= 15 is 0 Å². The van der Waals surface area contributed by atoms with E-state index in [0.29, 0.717) is 5.54 Å². The lowest BCUT2D eigenvalue weighted by Crippen LogP contribution is -2.56. The summed E-state index contributed by atoms with van der Waals surface area (Å²) in [6, 6.07) is 1.73. The summed E-state index contributed by atoms with van der Waals surface area (Å²) in [5.74, 6) is 0. The maximum atomic E-state index is 2.56. The Morgan fingerprint density at radius 3 is 1.32 bits per heavy atom. The summed E-state index contributed by atoms with van der Waals surface area (Å²) in [6.45, 7) is 26.7. The van der Waals surface area contributed by atoms with Crippen molar-refractivity contribution in [3.63, 3.8) is 0 Å². The molecule has 3 aliphatic heterocycles. The predicted octanol–water partition coefficient (Wildman–Crippen LogP) is 5.14. The zero-order valence-electron chi connectivity index (χ0n) is 22.4. The molecular weight excluding hydrogens is 344 g/mol. The second-order valence-electron chi connectivity index (χ2n) is 7.74. The third-order valence-corrected chi connectivity index (χ3v) is 5.54. The summed E-state index contributed by atoms with van der Waals surface area (Å²) in [5, 5.41) is 0. The first kappa shape index (κ1) is 32.5. The van der Waals surface area contributed by atoms with Crippen molar-refractivity contribution in [2.24, 2.45) is 0 Å². The van der Waals surface area contributed by atoms with Crippen molar-refractivity contribution in [1.82, 2.24) is 19.6 Å². The molecule has 2 unspecified atom stereocenters. The van der Waals surface area contributed by atoms with Crippen LogP contribution in [0.1, 0.15) is 82.1 Å². The third kappa shape index (κ3) is 11.7. The second-order valence-corrected chi connectivity index (χ2v) is 7.74. The van der Waals surface area contributed by atoms with Crippen LogP contribution in [0.2, 0.25) is 0 Å². The minimum Gasteiger partial charge on any atom is -0.303 e. The second kappa shape index (κ2) is 18.8. The highest BCUT2D eigenvalue weighted by atomic mass is 15.3. The van der Waals surface area contributed by atoms with E-state index in [1.54, 1.807) is 0 Å². The Labute approximate surface area is 180 Å². The molecular formula is C24H58N4. The van der Waals surface area contributed by atoms with Crippen molar-refractivity contribution in [3.8, 4) is 0 Å². The van der Waals surface area contributed by atoms with Crippen molar-refractivity contribution in [3.05, 3.63) is 0 Å². The molecule has 28 heavy (non-hydrogen) atoms. The zero-order valence-corrected chi connectivity index (χ0v) is 22.4. The van der Waals surface area contributed by atoms with Crippen LogP contribution in [0, 0.1) is 0 Å². The molecule has 0 amide bonds. The van der Waals surface area contributed by atoms with Gasteiger partial charge in [0, 0.05) is 50.3 Å². The molecule has 0 aromatic rings. The van der Waals surface area contributed by atoms with Crippen molar-refractivity contribution < 1.29 is 0 Å². The molecule has 174 valence electrons. The van der Waals surface area contributed by atoms with E-state index in [9.17, 15) is 0 Å². The number of hydrogen-bond acceptors (Lipinski definition) is 4. The highest BCUT2D eigenvalue weighted by molar-refractivity contribution is 4.92. The topological polar surface area (TPSA) is 13.0 Å². The van der Waals surface area contributed by atoms with Gasteiger partial charge in [-0.2, -0.15) is 0 Å². The third-order valence-electron chi connectivity index (χ3n) is 5.54. The Kier molecular flexibility index (Phi) is 21.9. The molecule has 3 fully saturated rings. The molecule has 2 atom stereocenters. The lowest BCUT2D eigenvalue weighted by Gasteiger charge is -2.44. The summed E-state index contributed by atoms with van der Waals surface area (Å²) >= 11 is 0. The largest absolute Gasteiger partial charge is 0.303 e. The molecule has 0 radical (unpaired) electrons. The van der Waals surface area contributed by atoms with E-state index in [2.05, 4.69) is 61.6 Å². The van der Waals surface area contributed by atoms with Crippen LogP contribution in [0.25, 0.3) is 0 Å². The highest BCUT2D eigenvalue weighted by Gasteiger charge is 2.35. The monoisotopic (exact) mass is 402 g/mol. The van der Waals surface area contributed by atoms with Crippen LogP contribution in [-0.4, -0.2) is 98.1 Å². The van der Waals surface area contributed by atoms with E-state index in [-0.39, 0.29) is 0 Å². The summed E-state index contributed by atoms with van der Waals surface area (Å²) in [6.07, 6.45) is 2.84. The number of piperazine rings is 2. The molecule has 0 N–H and O–H groups in total. The number of likely N-dealkylation sites (N-methyl/N-ethyl adjacent to an activating group) is 4. The maximum Gasteiger partial charge on any atom is 0.0277 e. The van der Waals surface area contributed by atoms with Gasteiger partial charge in [-0.25, -0.2) is 0 Å². The van der Waals surface area contributed by atoms with Crippen molar-refractivity contribution in [1.29, 1.82) is 0 Å². The molecule has 3 rings (SSSR count). The molecule has 3 saturated heterocycles. The molecule has 0 aliphatic carbocycles. The molecule has 3 heterocycles. The first-order chi connectivity index (χ1) is 13.3.